The van der Waals surface area contributed by atoms with Gasteiger partial charge in [0.15, 0.2) is 0 Å². The average Bonchev–Trinajstić information content (AvgIpc) is 2.57. The molecule has 146 valence electrons. The van der Waals surface area contributed by atoms with Crippen LogP contribution < -0.4 is 5.32 Å². The van der Waals surface area contributed by atoms with Gasteiger partial charge in [-0.1, -0.05) is 36.5 Å². The predicted octanol–water partition coefficient (Wildman–Crippen LogP) is 2.60. The molecule has 26 heavy (non-hydrogen) atoms. The zero-order chi connectivity index (χ0) is 19.3. The van der Waals surface area contributed by atoms with Crippen molar-refractivity contribution in [2.24, 2.45) is 0 Å². The van der Waals surface area contributed by atoms with E-state index in [1.165, 1.54) is 22.5 Å². The SMILES string of the molecule is CCC[C@@H](C)NC(=O)CN1CCN(S(=O)(=O)c2ccc(Cl)c(Cl)c2)CC1. The second-order valence-electron chi connectivity index (χ2n) is 6.51. The second-order valence-corrected chi connectivity index (χ2v) is 9.27. The molecule has 2 rings (SSSR count). The van der Waals surface area contributed by atoms with E-state index in [1.54, 1.807) is 0 Å². The standard InChI is InChI=1S/C17H25Cl2N3O3S/c1-3-4-13(2)20-17(23)12-21-7-9-22(10-8-21)26(24,25)14-5-6-15(18)16(19)11-14/h5-6,11,13H,3-4,7-10,12H2,1-2H3,(H,20,23)/t13-/m1/s1. The van der Waals surface area contributed by atoms with E-state index in [0.29, 0.717) is 31.2 Å². The molecule has 1 atom stereocenters. The van der Waals surface area contributed by atoms with E-state index >= 15 is 0 Å². The molecule has 0 saturated carbocycles. The molecule has 0 spiro atoms. The summed E-state index contributed by atoms with van der Waals surface area (Å²) in [4.78, 5) is 14.2. The minimum Gasteiger partial charge on any atom is -0.353 e. The van der Waals surface area contributed by atoms with Gasteiger partial charge in [0.25, 0.3) is 0 Å². The number of amides is 1. The first-order valence-corrected chi connectivity index (χ1v) is 10.9. The van der Waals surface area contributed by atoms with Gasteiger partial charge in [0.1, 0.15) is 0 Å². The quantitative estimate of drug-likeness (QED) is 0.734. The van der Waals surface area contributed by atoms with E-state index in [-0.39, 0.29) is 28.4 Å². The fourth-order valence-electron chi connectivity index (χ4n) is 2.94. The Morgan fingerprint density at radius 2 is 1.85 bits per heavy atom. The Labute approximate surface area is 165 Å². The molecule has 1 aliphatic rings. The van der Waals surface area contributed by atoms with Gasteiger partial charge in [-0.15, -0.1) is 0 Å². The fraction of sp³-hybridized carbons (Fsp3) is 0.588. The van der Waals surface area contributed by atoms with Crippen molar-refractivity contribution in [1.29, 1.82) is 0 Å². The number of carbonyl (C=O) groups is 1. The van der Waals surface area contributed by atoms with Crippen LogP contribution in [0.15, 0.2) is 23.1 Å². The minimum absolute atomic E-state index is 0.0215. The van der Waals surface area contributed by atoms with Crippen molar-refractivity contribution >= 4 is 39.1 Å². The van der Waals surface area contributed by atoms with Crippen molar-refractivity contribution in [1.82, 2.24) is 14.5 Å². The van der Waals surface area contributed by atoms with E-state index in [2.05, 4.69) is 12.2 Å². The summed E-state index contributed by atoms with van der Waals surface area (Å²) in [6, 6.07) is 4.46. The summed E-state index contributed by atoms with van der Waals surface area (Å²) in [6.07, 6.45) is 1.97. The van der Waals surface area contributed by atoms with Gasteiger partial charge in [0.05, 0.1) is 21.5 Å². The molecule has 1 heterocycles. The number of benzene rings is 1. The third-order valence-electron chi connectivity index (χ3n) is 4.36. The number of piperazine rings is 1. The molecule has 9 heteroatoms. The highest BCUT2D eigenvalue weighted by Crippen LogP contribution is 2.26. The summed E-state index contributed by atoms with van der Waals surface area (Å²) in [5.74, 6) is -0.0215. The van der Waals surface area contributed by atoms with E-state index in [1.807, 2.05) is 11.8 Å². The number of halogens is 2. The number of rotatable bonds is 7. The van der Waals surface area contributed by atoms with Crippen molar-refractivity contribution in [3.63, 3.8) is 0 Å². The highest BCUT2D eigenvalue weighted by atomic mass is 35.5. The molecule has 6 nitrogen and oxygen atoms in total. The van der Waals surface area contributed by atoms with Crippen molar-refractivity contribution < 1.29 is 13.2 Å². The topological polar surface area (TPSA) is 69.7 Å². The first-order chi connectivity index (χ1) is 12.2. The van der Waals surface area contributed by atoms with Gasteiger partial charge in [-0.3, -0.25) is 9.69 Å². The zero-order valence-electron chi connectivity index (χ0n) is 15.0. The summed E-state index contributed by atoms with van der Waals surface area (Å²) < 4.78 is 26.9. The maximum absolute atomic E-state index is 12.7. The number of nitrogens with one attached hydrogen (secondary N) is 1. The van der Waals surface area contributed by atoms with Crippen molar-refractivity contribution in [2.75, 3.05) is 32.7 Å². The third kappa shape index (κ3) is 5.57. The Morgan fingerprint density at radius 3 is 2.42 bits per heavy atom. The van der Waals surface area contributed by atoms with Gasteiger partial charge >= 0.3 is 0 Å². The Bertz CT molecular complexity index is 735. The molecule has 0 aromatic heterocycles. The third-order valence-corrected chi connectivity index (χ3v) is 6.99. The van der Waals surface area contributed by atoms with Crippen LogP contribution in [0.3, 0.4) is 0 Å². The Balaban J connectivity index is 1.91. The van der Waals surface area contributed by atoms with Crippen LogP contribution >= 0.6 is 23.2 Å². The molecular weight excluding hydrogens is 397 g/mol. The lowest BCUT2D eigenvalue weighted by atomic mass is 10.2. The van der Waals surface area contributed by atoms with Crippen LogP contribution in [0.4, 0.5) is 0 Å². The average molecular weight is 422 g/mol. The minimum atomic E-state index is -3.62. The monoisotopic (exact) mass is 421 g/mol. The molecular formula is C17H25Cl2N3O3S. The van der Waals surface area contributed by atoms with Gasteiger partial charge in [-0.25, -0.2) is 8.42 Å². The summed E-state index contributed by atoms with van der Waals surface area (Å²) >= 11 is 11.8. The van der Waals surface area contributed by atoms with Crippen LogP contribution in [0.5, 0.6) is 0 Å². The first-order valence-electron chi connectivity index (χ1n) is 8.71. The van der Waals surface area contributed by atoms with Crippen LogP contribution in [-0.4, -0.2) is 62.3 Å². The maximum Gasteiger partial charge on any atom is 0.243 e. The van der Waals surface area contributed by atoms with Gasteiger partial charge in [-0.2, -0.15) is 4.31 Å². The highest BCUT2D eigenvalue weighted by Gasteiger charge is 2.29. The highest BCUT2D eigenvalue weighted by molar-refractivity contribution is 7.89. The number of sulfonamides is 1. The lowest BCUT2D eigenvalue weighted by Crippen LogP contribution is -2.51. The smallest absolute Gasteiger partial charge is 0.243 e. The van der Waals surface area contributed by atoms with Crippen LogP contribution in [0.25, 0.3) is 0 Å². The largest absolute Gasteiger partial charge is 0.353 e. The zero-order valence-corrected chi connectivity index (χ0v) is 17.4. The van der Waals surface area contributed by atoms with Crippen molar-refractivity contribution in [3.8, 4) is 0 Å². The van der Waals surface area contributed by atoms with Gasteiger partial charge in [0.2, 0.25) is 15.9 Å². The Morgan fingerprint density at radius 1 is 1.19 bits per heavy atom. The molecule has 0 radical (unpaired) electrons. The summed E-state index contributed by atoms with van der Waals surface area (Å²) in [6.45, 7) is 6.04. The lowest BCUT2D eigenvalue weighted by Gasteiger charge is -2.33. The summed E-state index contributed by atoms with van der Waals surface area (Å²) in [5, 5.41) is 3.50. The first kappa shape index (κ1) is 21.4. The van der Waals surface area contributed by atoms with E-state index in [9.17, 15) is 13.2 Å². The predicted molar refractivity (Wildman–Crippen MR) is 104 cm³/mol. The van der Waals surface area contributed by atoms with Crippen LogP contribution in [0.2, 0.25) is 10.0 Å². The molecule has 1 aromatic rings. The molecule has 1 fully saturated rings. The number of hydrogen-bond donors (Lipinski definition) is 1. The maximum atomic E-state index is 12.7. The van der Waals surface area contributed by atoms with E-state index in [4.69, 9.17) is 23.2 Å². The second kappa shape index (κ2) is 9.37. The number of carbonyl (C=O) groups excluding carboxylic acids is 1. The van der Waals surface area contributed by atoms with E-state index < -0.39 is 10.0 Å². The lowest BCUT2D eigenvalue weighted by molar-refractivity contribution is -0.123. The molecule has 0 unspecified atom stereocenters. The Kier molecular flexibility index (Phi) is 7.73. The molecule has 0 aliphatic carbocycles. The van der Waals surface area contributed by atoms with Crippen LogP contribution in [-0.2, 0) is 14.8 Å². The molecule has 1 aliphatic heterocycles. The number of hydrogen-bond acceptors (Lipinski definition) is 4. The summed E-state index contributed by atoms with van der Waals surface area (Å²) in [7, 11) is -3.62. The summed E-state index contributed by atoms with van der Waals surface area (Å²) in [5.41, 5.74) is 0. The number of nitrogens with zero attached hydrogens (tertiary/aromatic N) is 2. The molecule has 1 N–H and O–H groups in total. The van der Waals surface area contributed by atoms with Crippen LogP contribution in [0, 0.1) is 0 Å². The Hall–Kier alpha value is -0.860. The molecule has 0 bridgehead atoms. The normalized spacial score (nSPS) is 17.8. The van der Waals surface area contributed by atoms with Gasteiger partial charge < -0.3 is 5.32 Å². The van der Waals surface area contributed by atoms with Gasteiger partial charge in [-0.05, 0) is 31.5 Å². The molecule has 1 aromatic carbocycles. The fourth-order valence-corrected chi connectivity index (χ4v) is 4.75. The van der Waals surface area contributed by atoms with Crippen molar-refractivity contribution in [3.05, 3.63) is 28.2 Å². The van der Waals surface area contributed by atoms with Crippen LogP contribution in [0.1, 0.15) is 26.7 Å². The van der Waals surface area contributed by atoms with Crippen molar-refractivity contribution in [2.45, 2.75) is 37.6 Å². The molecule has 1 amide bonds. The van der Waals surface area contributed by atoms with Gasteiger partial charge in [0, 0.05) is 32.2 Å². The van der Waals surface area contributed by atoms with E-state index in [0.717, 1.165) is 12.8 Å². The molecule has 1 saturated heterocycles.